The van der Waals surface area contributed by atoms with Gasteiger partial charge in [0.1, 0.15) is 6.54 Å². The van der Waals surface area contributed by atoms with E-state index < -0.39 is 15.9 Å². The molecule has 0 heterocycles. The molecule has 1 amide bonds. The van der Waals surface area contributed by atoms with Gasteiger partial charge in [-0.1, -0.05) is 47.0 Å². The topological polar surface area (TPSA) is 66.5 Å². The first-order valence-corrected chi connectivity index (χ1v) is 11.6. The molecule has 7 heteroatoms. The molecule has 1 N–H and O–H groups in total. The number of halogens is 1. The van der Waals surface area contributed by atoms with Crippen molar-refractivity contribution in [3.8, 4) is 0 Å². The summed E-state index contributed by atoms with van der Waals surface area (Å²) in [5.74, 6) is -0.430. The van der Waals surface area contributed by atoms with Gasteiger partial charge in [0.25, 0.3) is 10.0 Å². The van der Waals surface area contributed by atoms with Gasteiger partial charge in [-0.3, -0.25) is 9.10 Å². The number of rotatable bonds is 6. The number of sulfonamides is 1. The third-order valence-electron chi connectivity index (χ3n) is 4.95. The van der Waals surface area contributed by atoms with E-state index in [1.54, 1.807) is 48.5 Å². The molecular formula is C24H25ClN2O3S. The number of carbonyl (C=O) groups excluding carboxylic acids is 1. The van der Waals surface area contributed by atoms with Crippen molar-refractivity contribution in [2.75, 3.05) is 16.2 Å². The second kappa shape index (κ2) is 9.12. The zero-order valence-corrected chi connectivity index (χ0v) is 19.5. The van der Waals surface area contributed by atoms with E-state index in [1.807, 2.05) is 39.8 Å². The van der Waals surface area contributed by atoms with Crippen LogP contribution in [-0.2, 0) is 14.8 Å². The summed E-state index contributed by atoms with van der Waals surface area (Å²) in [5.41, 5.74) is 4.94. The molecular weight excluding hydrogens is 432 g/mol. The van der Waals surface area contributed by atoms with Gasteiger partial charge in [0.15, 0.2) is 0 Å². The van der Waals surface area contributed by atoms with E-state index in [4.69, 9.17) is 11.6 Å². The van der Waals surface area contributed by atoms with Gasteiger partial charge >= 0.3 is 0 Å². The SMILES string of the molecule is Cc1ccc(S(=O)(=O)N(CC(=O)Nc2c(C)cc(C)cc2C)c2ccc(Cl)cc2)cc1. The van der Waals surface area contributed by atoms with Crippen LogP contribution in [0.3, 0.4) is 0 Å². The Labute approximate surface area is 188 Å². The number of aryl methyl sites for hydroxylation is 4. The lowest BCUT2D eigenvalue weighted by Gasteiger charge is -2.24. The maximum Gasteiger partial charge on any atom is 0.264 e. The summed E-state index contributed by atoms with van der Waals surface area (Å²) in [6.45, 7) is 7.32. The van der Waals surface area contributed by atoms with E-state index >= 15 is 0 Å². The van der Waals surface area contributed by atoms with Crippen LogP contribution in [0.5, 0.6) is 0 Å². The zero-order chi connectivity index (χ0) is 22.8. The minimum absolute atomic E-state index is 0.114. The zero-order valence-electron chi connectivity index (χ0n) is 17.9. The van der Waals surface area contributed by atoms with Gasteiger partial charge in [0.2, 0.25) is 5.91 Å². The first kappa shape index (κ1) is 22.8. The highest BCUT2D eigenvalue weighted by atomic mass is 35.5. The number of carbonyl (C=O) groups is 1. The van der Waals surface area contributed by atoms with Crippen molar-refractivity contribution in [1.82, 2.24) is 0 Å². The number of benzene rings is 3. The van der Waals surface area contributed by atoms with Crippen molar-refractivity contribution < 1.29 is 13.2 Å². The molecule has 3 rings (SSSR count). The first-order chi connectivity index (χ1) is 14.6. The molecule has 0 saturated heterocycles. The largest absolute Gasteiger partial charge is 0.324 e. The molecule has 0 radical (unpaired) electrons. The molecule has 0 aliphatic heterocycles. The predicted octanol–water partition coefficient (Wildman–Crippen LogP) is 5.41. The monoisotopic (exact) mass is 456 g/mol. The Morgan fingerprint density at radius 3 is 1.97 bits per heavy atom. The number of amides is 1. The fourth-order valence-electron chi connectivity index (χ4n) is 3.45. The highest BCUT2D eigenvalue weighted by molar-refractivity contribution is 7.92. The van der Waals surface area contributed by atoms with Crippen LogP contribution < -0.4 is 9.62 Å². The fourth-order valence-corrected chi connectivity index (χ4v) is 4.99. The van der Waals surface area contributed by atoms with Crippen molar-refractivity contribution >= 4 is 38.9 Å². The third-order valence-corrected chi connectivity index (χ3v) is 6.99. The first-order valence-electron chi connectivity index (χ1n) is 9.80. The van der Waals surface area contributed by atoms with Crippen molar-refractivity contribution in [3.05, 3.63) is 87.9 Å². The second-order valence-electron chi connectivity index (χ2n) is 7.62. The Morgan fingerprint density at radius 2 is 1.42 bits per heavy atom. The fraction of sp³-hybridized carbons (Fsp3) is 0.208. The average Bonchev–Trinajstić information content (AvgIpc) is 2.70. The van der Waals surface area contributed by atoms with E-state index in [9.17, 15) is 13.2 Å². The van der Waals surface area contributed by atoms with Crippen molar-refractivity contribution in [2.45, 2.75) is 32.6 Å². The van der Waals surface area contributed by atoms with Gasteiger partial charge in [-0.25, -0.2) is 8.42 Å². The normalized spacial score (nSPS) is 11.3. The number of hydrogen-bond acceptors (Lipinski definition) is 3. The third kappa shape index (κ3) is 5.27. The smallest absolute Gasteiger partial charge is 0.264 e. The molecule has 31 heavy (non-hydrogen) atoms. The predicted molar refractivity (Wildman–Crippen MR) is 126 cm³/mol. The van der Waals surface area contributed by atoms with Crippen LogP contribution in [0.25, 0.3) is 0 Å². The second-order valence-corrected chi connectivity index (χ2v) is 9.92. The minimum Gasteiger partial charge on any atom is -0.324 e. The van der Waals surface area contributed by atoms with Gasteiger partial charge in [0.05, 0.1) is 10.6 Å². The molecule has 5 nitrogen and oxygen atoms in total. The molecule has 0 unspecified atom stereocenters. The minimum atomic E-state index is -3.97. The number of hydrogen-bond donors (Lipinski definition) is 1. The van der Waals surface area contributed by atoms with E-state index in [1.165, 1.54) is 0 Å². The summed E-state index contributed by atoms with van der Waals surface area (Å²) >= 11 is 5.98. The van der Waals surface area contributed by atoms with Crippen LogP contribution in [0.4, 0.5) is 11.4 Å². The summed E-state index contributed by atoms with van der Waals surface area (Å²) in [4.78, 5) is 13.1. The lowest BCUT2D eigenvalue weighted by atomic mass is 10.1. The molecule has 0 spiro atoms. The maximum atomic E-state index is 13.4. The average molecular weight is 457 g/mol. The lowest BCUT2D eigenvalue weighted by molar-refractivity contribution is -0.114. The van der Waals surface area contributed by atoms with Crippen molar-refractivity contribution in [2.24, 2.45) is 0 Å². The molecule has 3 aromatic carbocycles. The standard InChI is InChI=1S/C24H25ClN2O3S/c1-16-5-11-22(12-6-16)31(29,30)27(21-9-7-20(25)8-10-21)15-23(28)26-24-18(3)13-17(2)14-19(24)4/h5-14H,15H2,1-4H3,(H,26,28). The van der Waals surface area contributed by atoms with Gasteiger partial charge in [-0.05, 0) is 75.2 Å². The Balaban J connectivity index is 1.96. The summed E-state index contributed by atoms with van der Waals surface area (Å²) in [6, 6.07) is 16.9. The molecule has 162 valence electrons. The number of nitrogens with one attached hydrogen (secondary N) is 1. The van der Waals surface area contributed by atoms with E-state index in [0.717, 1.165) is 26.6 Å². The van der Waals surface area contributed by atoms with Gasteiger partial charge in [-0.2, -0.15) is 0 Å². The Kier molecular flexibility index (Phi) is 6.72. The van der Waals surface area contributed by atoms with Crippen LogP contribution in [-0.4, -0.2) is 20.9 Å². The van der Waals surface area contributed by atoms with Crippen molar-refractivity contribution in [1.29, 1.82) is 0 Å². The van der Waals surface area contributed by atoms with E-state index in [2.05, 4.69) is 5.32 Å². The highest BCUT2D eigenvalue weighted by Gasteiger charge is 2.27. The van der Waals surface area contributed by atoms with E-state index in [-0.39, 0.29) is 11.4 Å². The summed E-state index contributed by atoms with van der Waals surface area (Å²) in [7, 11) is -3.97. The highest BCUT2D eigenvalue weighted by Crippen LogP contribution is 2.26. The van der Waals surface area contributed by atoms with Crippen LogP contribution in [0.1, 0.15) is 22.3 Å². The Morgan fingerprint density at radius 1 is 0.871 bits per heavy atom. The summed E-state index contributed by atoms with van der Waals surface area (Å²) in [6.07, 6.45) is 0. The molecule has 0 aliphatic carbocycles. The Hall–Kier alpha value is -2.83. The van der Waals surface area contributed by atoms with Gasteiger partial charge in [-0.15, -0.1) is 0 Å². The van der Waals surface area contributed by atoms with Crippen LogP contribution in [0.15, 0.2) is 65.6 Å². The molecule has 0 aliphatic rings. The number of nitrogens with zero attached hydrogens (tertiary/aromatic N) is 1. The molecule has 0 saturated carbocycles. The quantitative estimate of drug-likeness (QED) is 0.539. The molecule has 0 fully saturated rings. The molecule has 0 aromatic heterocycles. The van der Waals surface area contributed by atoms with Crippen molar-refractivity contribution in [3.63, 3.8) is 0 Å². The number of anilines is 2. The van der Waals surface area contributed by atoms with Crippen LogP contribution >= 0.6 is 11.6 Å². The van der Waals surface area contributed by atoms with E-state index in [0.29, 0.717) is 16.4 Å². The molecule has 0 atom stereocenters. The summed E-state index contributed by atoms with van der Waals surface area (Å²) in [5, 5.41) is 3.36. The van der Waals surface area contributed by atoms with Crippen LogP contribution in [0, 0.1) is 27.7 Å². The maximum absolute atomic E-state index is 13.4. The summed E-state index contributed by atoms with van der Waals surface area (Å²) < 4.78 is 27.9. The Bertz CT molecular complexity index is 1180. The van der Waals surface area contributed by atoms with Gasteiger partial charge in [0, 0.05) is 10.7 Å². The van der Waals surface area contributed by atoms with Gasteiger partial charge < -0.3 is 5.32 Å². The van der Waals surface area contributed by atoms with Crippen LogP contribution in [0.2, 0.25) is 5.02 Å². The molecule has 0 bridgehead atoms. The molecule has 3 aromatic rings. The lowest BCUT2D eigenvalue weighted by Crippen LogP contribution is -2.38.